The number of carbonyl (C=O) groups is 1. The minimum Gasteiger partial charge on any atom is -0.444 e. The van der Waals surface area contributed by atoms with Gasteiger partial charge in [0.15, 0.2) is 3.83 Å². The van der Waals surface area contributed by atoms with Crippen molar-refractivity contribution in [3.63, 3.8) is 0 Å². The molecule has 0 saturated carbocycles. The van der Waals surface area contributed by atoms with E-state index in [1.165, 1.54) is 5.69 Å². The Morgan fingerprint density at radius 3 is 2.45 bits per heavy atom. The zero-order valence-corrected chi connectivity index (χ0v) is 14.7. The SMILES string of the molecule is Cn1c(C2CCN(C(=O)OC(C)(C)C)CC2)cnc1I. The molecule has 0 spiro atoms. The second-order valence-corrected chi connectivity index (χ2v) is 7.22. The van der Waals surface area contributed by atoms with Gasteiger partial charge < -0.3 is 14.2 Å². The summed E-state index contributed by atoms with van der Waals surface area (Å²) < 4.78 is 8.55. The van der Waals surface area contributed by atoms with E-state index in [-0.39, 0.29) is 6.09 Å². The summed E-state index contributed by atoms with van der Waals surface area (Å²) in [5.74, 6) is 0.481. The van der Waals surface area contributed by atoms with Crippen molar-refractivity contribution >= 4 is 28.7 Å². The number of nitrogens with zero attached hydrogens (tertiary/aromatic N) is 3. The number of rotatable bonds is 1. The summed E-state index contributed by atoms with van der Waals surface area (Å²) in [6, 6.07) is 0. The van der Waals surface area contributed by atoms with Crippen LogP contribution in [0.4, 0.5) is 4.79 Å². The molecular formula is C14H22IN3O2. The van der Waals surface area contributed by atoms with E-state index < -0.39 is 5.60 Å². The van der Waals surface area contributed by atoms with Gasteiger partial charge >= 0.3 is 6.09 Å². The molecule has 1 aromatic heterocycles. The average molecular weight is 391 g/mol. The van der Waals surface area contributed by atoms with Crippen molar-refractivity contribution in [2.24, 2.45) is 7.05 Å². The molecule has 0 N–H and O–H groups in total. The van der Waals surface area contributed by atoms with E-state index >= 15 is 0 Å². The largest absolute Gasteiger partial charge is 0.444 e. The van der Waals surface area contributed by atoms with E-state index in [1.54, 1.807) is 0 Å². The summed E-state index contributed by atoms with van der Waals surface area (Å²) in [6.07, 6.45) is 3.69. The molecule has 6 heteroatoms. The highest BCUT2D eigenvalue weighted by molar-refractivity contribution is 14.1. The first-order valence-electron chi connectivity index (χ1n) is 6.93. The number of ether oxygens (including phenoxy) is 1. The number of carbonyl (C=O) groups excluding carboxylic acids is 1. The molecule has 0 bridgehead atoms. The van der Waals surface area contributed by atoms with Crippen LogP contribution in [0.3, 0.4) is 0 Å². The van der Waals surface area contributed by atoms with Gasteiger partial charge in [0.1, 0.15) is 5.60 Å². The van der Waals surface area contributed by atoms with Crippen molar-refractivity contribution in [1.82, 2.24) is 14.5 Å². The number of aromatic nitrogens is 2. The normalized spacial score (nSPS) is 17.4. The summed E-state index contributed by atoms with van der Waals surface area (Å²) in [7, 11) is 2.05. The zero-order chi connectivity index (χ0) is 14.9. The Morgan fingerprint density at radius 2 is 2.00 bits per heavy atom. The fourth-order valence-electron chi connectivity index (χ4n) is 2.46. The van der Waals surface area contributed by atoms with Crippen LogP contribution in [0.5, 0.6) is 0 Å². The molecule has 1 saturated heterocycles. The quantitative estimate of drug-likeness (QED) is 0.692. The molecule has 5 nitrogen and oxygen atoms in total. The fraction of sp³-hybridized carbons (Fsp3) is 0.714. The van der Waals surface area contributed by atoms with Crippen LogP contribution in [0, 0.1) is 3.83 Å². The van der Waals surface area contributed by atoms with E-state index in [1.807, 2.05) is 38.9 Å². The molecule has 2 heterocycles. The van der Waals surface area contributed by atoms with Crippen molar-refractivity contribution < 1.29 is 9.53 Å². The summed E-state index contributed by atoms with van der Waals surface area (Å²) in [4.78, 5) is 18.2. The van der Waals surface area contributed by atoms with Gasteiger partial charge in [-0.25, -0.2) is 9.78 Å². The van der Waals surface area contributed by atoms with Crippen molar-refractivity contribution in [2.45, 2.75) is 45.1 Å². The molecule has 1 aliphatic rings. The number of imidazole rings is 1. The monoisotopic (exact) mass is 391 g/mol. The third-order valence-corrected chi connectivity index (χ3v) is 4.53. The predicted octanol–water partition coefficient (Wildman–Crippen LogP) is 3.14. The minimum absolute atomic E-state index is 0.199. The molecule has 0 radical (unpaired) electrons. The highest BCUT2D eigenvalue weighted by Gasteiger charge is 2.28. The Balaban J connectivity index is 1.93. The van der Waals surface area contributed by atoms with Crippen LogP contribution in [0.25, 0.3) is 0 Å². The first-order valence-corrected chi connectivity index (χ1v) is 8.01. The molecule has 0 aromatic carbocycles. The van der Waals surface area contributed by atoms with Gasteiger partial charge in [-0.1, -0.05) is 0 Å². The lowest BCUT2D eigenvalue weighted by molar-refractivity contribution is 0.0203. The topological polar surface area (TPSA) is 47.4 Å². The number of piperidine rings is 1. The molecular weight excluding hydrogens is 369 g/mol. The summed E-state index contributed by atoms with van der Waals surface area (Å²) in [6.45, 7) is 7.20. The molecule has 0 atom stereocenters. The maximum atomic E-state index is 12.0. The van der Waals surface area contributed by atoms with E-state index in [0.717, 1.165) is 29.8 Å². The lowest BCUT2D eigenvalue weighted by Gasteiger charge is -2.33. The highest BCUT2D eigenvalue weighted by atomic mass is 127. The van der Waals surface area contributed by atoms with Crippen molar-refractivity contribution in [3.05, 3.63) is 15.7 Å². The van der Waals surface area contributed by atoms with Gasteiger partial charge in [0.25, 0.3) is 0 Å². The van der Waals surface area contributed by atoms with Gasteiger partial charge in [-0.2, -0.15) is 0 Å². The van der Waals surface area contributed by atoms with Gasteiger partial charge in [-0.15, -0.1) is 0 Å². The molecule has 0 unspecified atom stereocenters. The lowest BCUT2D eigenvalue weighted by Crippen LogP contribution is -2.41. The van der Waals surface area contributed by atoms with E-state index in [0.29, 0.717) is 5.92 Å². The van der Waals surface area contributed by atoms with Crippen LogP contribution in [0.1, 0.15) is 45.2 Å². The molecule has 0 aliphatic carbocycles. The Hall–Kier alpha value is -0.790. The number of hydrogen-bond donors (Lipinski definition) is 0. The number of likely N-dealkylation sites (tertiary alicyclic amines) is 1. The first kappa shape index (κ1) is 15.6. The van der Waals surface area contributed by atoms with Crippen molar-refractivity contribution in [3.8, 4) is 0 Å². The van der Waals surface area contributed by atoms with Crippen LogP contribution < -0.4 is 0 Å². The third kappa shape index (κ3) is 3.65. The van der Waals surface area contributed by atoms with Crippen molar-refractivity contribution in [1.29, 1.82) is 0 Å². The molecule has 1 aliphatic heterocycles. The van der Waals surface area contributed by atoms with E-state index in [9.17, 15) is 4.79 Å². The first-order chi connectivity index (χ1) is 9.28. The molecule has 2 rings (SSSR count). The molecule has 112 valence electrons. The predicted molar refractivity (Wildman–Crippen MR) is 85.7 cm³/mol. The Labute approximate surface area is 133 Å². The maximum absolute atomic E-state index is 12.0. The second kappa shape index (κ2) is 5.91. The number of hydrogen-bond acceptors (Lipinski definition) is 3. The molecule has 20 heavy (non-hydrogen) atoms. The highest BCUT2D eigenvalue weighted by Crippen LogP contribution is 2.29. The van der Waals surface area contributed by atoms with Gasteiger partial charge in [-0.3, -0.25) is 0 Å². The molecule has 1 fully saturated rings. The van der Waals surface area contributed by atoms with Crippen LogP contribution >= 0.6 is 22.6 Å². The van der Waals surface area contributed by atoms with Gasteiger partial charge in [0.2, 0.25) is 0 Å². The van der Waals surface area contributed by atoms with Crippen LogP contribution in [-0.4, -0.2) is 39.2 Å². The summed E-state index contributed by atoms with van der Waals surface area (Å²) >= 11 is 2.24. The fourth-order valence-corrected chi connectivity index (χ4v) is 2.88. The van der Waals surface area contributed by atoms with Gasteiger partial charge in [-0.05, 0) is 56.2 Å². The average Bonchev–Trinajstić information content (AvgIpc) is 2.68. The van der Waals surface area contributed by atoms with E-state index in [4.69, 9.17) is 4.74 Å². The third-order valence-electron chi connectivity index (χ3n) is 3.53. The second-order valence-electron chi connectivity index (χ2n) is 6.25. The number of halogens is 1. The van der Waals surface area contributed by atoms with Crippen LogP contribution in [0.15, 0.2) is 6.20 Å². The standard InChI is InChI=1S/C14H22IN3O2/c1-14(2,3)20-13(19)18-7-5-10(6-8-18)11-9-16-12(15)17(11)4/h9-10H,5-8H2,1-4H3. The lowest BCUT2D eigenvalue weighted by atomic mass is 9.94. The Kier molecular flexibility index (Phi) is 4.61. The Bertz CT molecular complexity index is 485. The smallest absolute Gasteiger partial charge is 0.410 e. The van der Waals surface area contributed by atoms with Crippen LogP contribution in [-0.2, 0) is 11.8 Å². The number of amides is 1. The Morgan fingerprint density at radius 1 is 1.40 bits per heavy atom. The minimum atomic E-state index is -0.425. The van der Waals surface area contributed by atoms with Crippen LogP contribution in [0.2, 0.25) is 0 Å². The summed E-state index contributed by atoms with van der Waals surface area (Å²) in [5.41, 5.74) is 0.838. The maximum Gasteiger partial charge on any atom is 0.410 e. The van der Waals surface area contributed by atoms with Gasteiger partial charge in [0.05, 0.1) is 0 Å². The molecule has 1 aromatic rings. The summed E-state index contributed by atoms with van der Waals surface area (Å²) in [5, 5.41) is 0. The van der Waals surface area contributed by atoms with Gasteiger partial charge in [0, 0.05) is 37.9 Å². The molecule has 1 amide bonds. The zero-order valence-electron chi connectivity index (χ0n) is 12.5. The van der Waals surface area contributed by atoms with E-state index in [2.05, 4.69) is 32.1 Å². The van der Waals surface area contributed by atoms with Crippen molar-refractivity contribution in [2.75, 3.05) is 13.1 Å².